The molecule has 0 saturated heterocycles. The van der Waals surface area contributed by atoms with Crippen molar-refractivity contribution in [2.75, 3.05) is 6.67 Å². The van der Waals surface area contributed by atoms with Crippen LogP contribution in [-0.2, 0) is 6.54 Å². The maximum absolute atomic E-state index is 13.6. The van der Waals surface area contributed by atoms with Crippen LogP contribution in [0.4, 0.5) is 13.2 Å². The lowest BCUT2D eigenvalue weighted by atomic mass is 10.1. The first-order valence-electron chi connectivity index (χ1n) is 4.68. The highest BCUT2D eigenvalue weighted by Gasteiger charge is 2.22. The third-order valence-electron chi connectivity index (χ3n) is 2.35. The van der Waals surface area contributed by atoms with Crippen molar-refractivity contribution in [3.8, 4) is 0 Å². The molecule has 0 aliphatic heterocycles. The number of carbonyl (C=O) groups is 1. The SMILES string of the molecule is O=C(O)c1c(F)cc2c(ncn2CCF)c1F. The fourth-order valence-electron chi connectivity index (χ4n) is 1.59. The molecule has 1 N–H and O–H groups in total. The van der Waals surface area contributed by atoms with Crippen molar-refractivity contribution in [3.63, 3.8) is 0 Å². The Bertz CT molecular complexity index is 595. The molecular formula is C10H7F3N2O2. The molecule has 4 nitrogen and oxygen atoms in total. The number of rotatable bonds is 3. The summed E-state index contributed by atoms with van der Waals surface area (Å²) >= 11 is 0. The van der Waals surface area contributed by atoms with Gasteiger partial charge in [0.15, 0.2) is 5.82 Å². The molecule has 0 unspecified atom stereocenters. The van der Waals surface area contributed by atoms with Crippen LogP contribution in [0.3, 0.4) is 0 Å². The van der Waals surface area contributed by atoms with E-state index in [-0.39, 0.29) is 17.6 Å². The van der Waals surface area contributed by atoms with Gasteiger partial charge in [0.25, 0.3) is 0 Å². The zero-order chi connectivity index (χ0) is 12.6. The quantitative estimate of drug-likeness (QED) is 0.898. The van der Waals surface area contributed by atoms with Crippen molar-refractivity contribution >= 4 is 17.0 Å². The lowest BCUT2D eigenvalue weighted by Crippen LogP contribution is -2.06. The molecule has 0 amide bonds. The number of aromatic nitrogens is 2. The van der Waals surface area contributed by atoms with Crippen molar-refractivity contribution in [1.82, 2.24) is 9.55 Å². The lowest BCUT2D eigenvalue weighted by Gasteiger charge is -2.03. The second-order valence-corrected chi connectivity index (χ2v) is 3.35. The third kappa shape index (κ3) is 1.73. The summed E-state index contributed by atoms with van der Waals surface area (Å²) in [5.74, 6) is -4.16. The van der Waals surface area contributed by atoms with Crippen LogP contribution in [0.2, 0.25) is 0 Å². The number of aromatic carboxylic acids is 1. The van der Waals surface area contributed by atoms with E-state index in [4.69, 9.17) is 5.11 Å². The first-order valence-corrected chi connectivity index (χ1v) is 4.68. The molecule has 1 heterocycles. The summed E-state index contributed by atoms with van der Waals surface area (Å²) < 4.78 is 40.4. The average molecular weight is 244 g/mol. The van der Waals surface area contributed by atoms with Crippen LogP contribution in [0.15, 0.2) is 12.4 Å². The Kier molecular flexibility index (Phi) is 2.74. The molecule has 0 saturated carbocycles. The number of fused-ring (bicyclic) bond motifs is 1. The summed E-state index contributed by atoms with van der Waals surface area (Å²) in [6, 6.07) is 0.838. The summed E-state index contributed by atoms with van der Waals surface area (Å²) in [6.45, 7) is -0.808. The summed E-state index contributed by atoms with van der Waals surface area (Å²) in [4.78, 5) is 14.3. The Morgan fingerprint density at radius 1 is 1.47 bits per heavy atom. The van der Waals surface area contributed by atoms with Gasteiger partial charge in [0.1, 0.15) is 23.6 Å². The van der Waals surface area contributed by atoms with Gasteiger partial charge in [-0.15, -0.1) is 0 Å². The summed E-state index contributed by atoms with van der Waals surface area (Å²) in [5.41, 5.74) is -1.30. The predicted molar refractivity (Wildman–Crippen MR) is 52.6 cm³/mol. The van der Waals surface area contributed by atoms with E-state index in [1.54, 1.807) is 0 Å². The van der Waals surface area contributed by atoms with E-state index < -0.39 is 29.8 Å². The maximum Gasteiger partial charge on any atom is 0.341 e. The van der Waals surface area contributed by atoms with Gasteiger partial charge in [-0.3, -0.25) is 0 Å². The molecule has 1 aromatic carbocycles. The molecule has 0 aliphatic rings. The first-order chi connectivity index (χ1) is 8.06. The van der Waals surface area contributed by atoms with Crippen molar-refractivity contribution in [3.05, 3.63) is 29.6 Å². The molecule has 0 atom stereocenters. The number of benzene rings is 1. The lowest BCUT2D eigenvalue weighted by molar-refractivity contribution is 0.0687. The minimum absolute atomic E-state index is 0.0302. The van der Waals surface area contributed by atoms with Crippen LogP contribution in [0.1, 0.15) is 10.4 Å². The van der Waals surface area contributed by atoms with Crippen LogP contribution < -0.4 is 0 Å². The maximum atomic E-state index is 13.6. The molecular weight excluding hydrogens is 237 g/mol. The van der Waals surface area contributed by atoms with E-state index in [9.17, 15) is 18.0 Å². The molecule has 0 bridgehead atoms. The molecule has 7 heteroatoms. The van der Waals surface area contributed by atoms with Crippen LogP contribution in [0.5, 0.6) is 0 Å². The van der Waals surface area contributed by atoms with E-state index in [1.807, 2.05) is 0 Å². The molecule has 2 rings (SSSR count). The number of hydrogen-bond donors (Lipinski definition) is 1. The van der Waals surface area contributed by atoms with E-state index in [0.717, 1.165) is 12.4 Å². The van der Waals surface area contributed by atoms with Gasteiger partial charge in [0.2, 0.25) is 0 Å². The minimum atomic E-state index is -1.71. The molecule has 1 aromatic heterocycles. The Morgan fingerprint density at radius 3 is 2.76 bits per heavy atom. The van der Waals surface area contributed by atoms with E-state index >= 15 is 0 Å². The molecule has 0 aliphatic carbocycles. The van der Waals surface area contributed by atoms with Gasteiger partial charge in [-0.2, -0.15) is 0 Å². The van der Waals surface area contributed by atoms with E-state index in [1.165, 1.54) is 4.57 Å². The van der Waals surface area contributed by atoms with Crippen LogP contribution >= 0.6 is 0 Å². The van der Waals surface area contributed by atoms with Gasteiger partial charge in [-0.25, -0.2) is 22.9 Å². The number of carboxylic acid groups (broad SMARTS) is 1. The van der Waals surface area contributed by atoms with Crippen molar-refractivity contribution < 1.29 is 23.1 Å². The Labute approximate surface area is 93.3 Å². The van der Waals surface area contributed by atoms with Gasteiger partial charge >= 0.3 is 5.97 Å². The fraction of sp³-hybridized carbons (Fsp3) is 0.200. The largest absolute Gasteiger partial charge is 0.477 e. The fourth-order valence-corrected chi connectivity index (χ4v) is 1.59. The predicted octanol–water partition coefficient (Wildman–Crippen LogP) is 1.98. The second kappa shape index (κ2) is 4.08. The van der Waals surface area contributed by atoms with Gasteiger partial charge in [-0.1, -0.05) is 0 Å². The molecule has 0 radical (unpaired) electrons. The number of nitrogens with zero attached hydrogens (tertiary/aromatic N) is 2. The number of carboxylic acids is 1. The van der Waals surface area contributed by atoms with Crippen LogP contribution in [-0.4, -0.2) is 27.3 Å². The first kappa shape index (κ1) is 11.4. The van der Waals surface area contributed by atoms with Gasteiger partial charge in [0.05, 0.1) is 18.4 Å². The Balaban J connectivity index is 2.74. The van der Waals surface area contributed by atoms with E-state index in [2.05, 4.69) is 4.98 Å². The minimum Gasteiger partial charge on any atom is -0.477 e. The van der Waals surface area contributed by atoms with Gasteiger partial charge in [0, 0.05) is 6.07 Å². The normalized spacial score (nSPS) is 11.0. The molecule has 17 heavy (non-hydrogen) atoms. The summed E-state index contributed by atoms with van der Waals surface area (Å²) in [5, 5.41) is 8.64. The number of hydrogen-bond acceptors (Lipinski definition) is 2. The number of halogens is 3. The molecule has 0 spiro atoms. The van der Waals surface area contributed by atoms with Crippen LogP contribution in [0.25, 0.3) is 11.0 Å². The van der Waals surface area contributed by atoms with Crippen molar-refractivity contribution in [1.29, 1.82) is 0 Å². The summed E-state index contributed by atoms with van der Waals surface area (Å²) in [6.07, 6.45) is 1.14. The Hall–Kier alpha value is -2.05. The van der Waals surface area contributed by atoms with E-state index in [0.29, 0.717) is 0 Å². The number of imidazole rings is 1. The zero-order valence-electron chi connectivity index (χ0n) is 8.45. The smallest absolute Gasteiger partial charge is 0.341 e. The topological polar surface area (TPSA) is 55.1 Å². The standard InChI is InChI=1S/C10H7F3N2O2/c11-1-2-15-4-14-9-6(15)3-5(12)7(8(9)13)10(16)17/h3-4H,1-2H2,(H,16,17). The van der Waals surface area contributed by atoms with Gasteiger partial charge in [-0.05, 0) is 0 Å². The highest BCUT2D eigenvalue weighted by atomic mass is 19.1. The Morgan fingerprint density at radius 2 is 2.18 bits per heavy atom. The third-order valence-corrected chi connectivity index (χ3v) is 2.35. The second-order valence-electron chi connectivity index (χ2n) is 3.35. The zero-order valence-corrected chi connectivity index (χ0v) is 8.45. The molecule has 90 valence electrons. The van der Waals surface area contributed by atoms with Crippen LogP contribution in [0, 0.1) is 11.6 Å². The molecule has 0 fully saturated rings. The average Bonchev–Trinajstić information content (AvgIpc) is 2.62. The number of aryl methyl sites for hydroxylation is 1. The van der Waals surface area contributed by atoms with Crippen molar-refractivity contribution in [2.24, 2.45) is 0 Å². The monoisotopic (exact) mass is 244 g/mol. The molecule has 2 aromatic rings. The summed E-state index contributed by atoms with van der Waals surface area (Å²) in [7, 11) is 0. The highest BCUT2D eigenvalue weighted by Crippen LogP contribution is 2.23. The number of alkyl halides is 1. The highest BCUT2D eigenvalue weighted by molar-refractivity contribution is 5.93. The van der Waals surface area contributed by atoms with Crippen molar-refractivity contribution in [2.45, 2.75) is 6.54 Å². The van der Waals surface area contributed by atoms with Gasteiger partial charge < -0.3 is 9.67 Å².